The number of alkyl halides is 3. The van der Waals surface area contributed by atoms with Gasteiger partial charge in [-0.25, -0.2) is 4.79 Å². The van der Waals surface area contributed by atoms with Crippen molar-refractivity contribution < 1.29 is 32.2 Å². The summed E-state index contributed by atoms with van der Waals surface area (Å²) in [6.45, 7) is 2.69. The Morgan fingerprint density at radius 1 is 1.00 bits per heavy atom. The number of carbonyl (C=O) groups is 2. The van der Waals surface area contributed by atoms with Gasteiger partial charge in [0.15, 0.2) is 12.2 Å². The van der Waals surface area contributed by atoms with E-state index < -0.39 is 35.8 Å². The molecule has 0 saturated heterocycles. The van der Waals surface area contributed by atoms with E-state index in [0.29, 0.717) is 16.8 Å². The maximum Gasteiger partial charge on any atom is 0.416 e. The number of carbonyl (C=O) groups excluding carboxylic acids is 2. The molecular weight excluding hydrogens is 434 g/mol. The van der Waals surface area contributed by atoms with E-state index in [1.165, 1.54) is 13.8 Å². The van der Waals surface area contributed by atoms with Gasteiger partial charge in [0.1, 0.15) is 5.75 Å². The third kappa shape index (κ3) is 6.54. The summed E-state index contributed by atoms with van der Waals surface area (Å²) in [7, 11) is 0. The second-order valence-corrected chi connectivity index (χ2v) is 6.82. The zero-order chi connectivity index (χ0) is 21.8. The largest absolute Gasteiger partial charge is 0.479 e. The first-order chi connectivity index (χ1) is 13.5. The Hall–Kier alpha value is -2.45. The second kappa shape index (κ2) is 9.37. The maximum atomic E-state index is 12.8. The maximum absolute atomic E-state index is 12.8. The van der Waals surface area contributed by atoms with Gasteiger partial charge in [0.05, 0.1) is 16.3 Å². The third-order valence-corrected chi connectivity index (χ3v) is 4.25. The first kappa shape index (κ1) is 22.8. The van der Waals surface area contributed by atoms with Crippen LogP contribution in [0.4, 0.5) is 18.9 Å². The molecule has 5 nitrogen and oxygen atoms in total. The van der Waals surface area contributed by atoms with E-state index in [1.807, 2.05) is 0 Å². The molecule has 2 aromatic rings. The predicted octanol–water partition coefficient (Wildman–Crippen LogP) is 5.35. The van der Waals surface area contributed by atoms with Gasteiger partial charge in [0.25, 0.3) is 5.91 Å². The van der Waals surface area contributed by atoms with Crippen LogP contribution >= 0.6 is 23.2 Å². The molecule has 2 atom stereocenters. The lowest BCUT2D eigenvalue weighted by molar-refractivity contribution is -0.159. The van der Waals surface area contributed by atoms with Crippen molar-refractivity contribution in [2.75, 3.05) is 5.32 Å². The average Bonchev–Trinajstić information content (AvgIpc) is 2.64. The molecule has 0 radical (unpaired) electrons. The molecule has 2 aromatic carbocycles. The average molecular weight is 450 g/mol. The summed E-state index contributed by atoms with van der Waals surface area (Å²) < 4.78 is 48.8. The van der Waals surface area contributed by atoms with Crippen LogP contribution in [0.25, 0.3) is 0 Å². The molecule has 0 fully saturated rings. The van der Waals surface area contributed by atoms with Crippen LogP contribution < -0.4 is 10.1 Å². The van der Waals surface area contributed by atoms with Crippen LogP contribution in [0.5, 0.6) is 5.75 Å². The number of amides is 1. The van der Waals surface area contributed by atoms with Crippen molar-refractivity contribution in [3.63, 3.8) is 0 Å². The van der Waals surface area contributed by atoms with E-state index >= 15 is 0 Å². The second-order valence-electron chi connectivity index (χ2n) is 5.97. The van der Waals surface area contributed by atoms with Gasteiger partial charge in [-0.1, -0.05) is 23.2 Å². The van der Waals surface area contributed by atoms with Gasteiger partial charge in [-0.15, -0.1) is 0 Å². The number of hydrogen-bond donors (Lipinski definition) is 1. The van der Waals surface area contributed by atoms with Crippen LogP contribution in [0.3, 0.4) is 0 Å². The number of benzene rings is 2. The third-order valence-electron chi connectivity index (χ3n) is 3.67. The minimum absolute atomic E-state index is 0.0932. The molecule has 10 heteroatoms. The van der Waals surface area contributed by atoms with Crippen molar-refractivity contribution in [2.45, 2.75) is 32.2 Å². The molecule has 1 amide bonds. The van der Waals surface area contributed by atoms with Gasteiger partial charge in [0.2, 0.25) is 0 Å². The number of rotatable bonds is 6. The van der Waals surface area contributed by atoms with Crippen LogP contribution in [0.1, 0.15) is 19.4 Å². The highest BCUT2D eigenvalue weighted by Gasteiger charge is 2.31. The Bertz CT molecular complexity index is 888. The Morgan fingerprint density at radius 2 is 1.62 bits per heavy atom. The minimum atomic E-state index is -4.60. The smallest absolute Gasteiger partial charge is 0.416 e. The molecule has 156 valence electrons. The fraction of sp³-hybridized carbons (Fsp3) is 0.263. The van der Waals surface area contributed by atoms with Crippen LogP contribution in [-0.2, 0) is 20.5 Å². The number of ether oxygens (including phenoxy) is 2. The van der Waals surface area contributed by atoms with Gasteiger partial charge < -0.3 is 14.8 Å². The number of esters is 1. The summed E-state index contributed by atoms with van der Waals surface area (Å²) in [5.41, 5.74) is -1.23. The van der Waals surface area contributed by atoms with Gasteiger partial charge in [-0.2, -0.15) is 13.2 Å². The Morgan fingerprint density at radius 3 is 2.21 bits per heavy atom. The summed E-state index contributed by atoms with van der Waals surface area (Å²) in [6.07, 6.45) is -6.94. The van der Waals surface area contributed by atoms with Crippen LogP contribution in [0.15, 0.2) is 42.5 Å². The fourth-order valence-electron chi connectivity index (χ4n) is 2.12. The van der Waals surface area contributed by atoms with Crippen molar-refractivity contribution in [1.29, 1.82) is 0 Å². The van der Waals surface area contributed by atoms with E-state index in [4.69, 9.17) is 32.7 Å². The number of halogens is 5. The molecule has 0 aliphatic carbocycles. The standard InChI is InChI=1S/C19H16Cl2F3NO4/c1-10(29-18(27)11(2)28-14-6-4-13(20)5-7-14)17(26)25-16-9-12(19(22,23)24)3-8-15(16)21/h3-11H,1-2H3,(H,25,26). The van der Waals surface area contributed by atoms with E-state index in [9.17, 15) is 22.8 Å². The lowest BCUT2D eigenvalue weighted by atomic mass is 10.2. The summed E-state index contributed by atoms with van der Waals surface area (Å²) in [6, 6.07) is 8.75. The van der Waals surface area contributed by atoms with Crippen LogP contribution in [-0.4, -0.2) is 24.1 Å². The Labute approximate surface area is 174 Å². The van der Waals surface area contributed by atoms with E-state index in [1.54, 1.807) is 24.3 Å². The predicted molar refractivity (Wildman–Crippen MR) is 102 cm³/mol. The zero-order valence-electron chi connectivity index (χ0n) is 15.2. The lowest BCUT2D eigenvalue weighted by Crippen LogP contribution is -2.35. The zero-order valence-corrected chi connectivity index (χ0v) is 16.7. The highest BCUT2D eigenvalue weighted by molar-refractivity contribution is 6.33. The molecule has 0 bridgehead atoms. The Balaban J connectivity index is 1.98. The monoisotopic (exact) mass is 449 g/mol. The first-order valence-corrected chi connectivity index (χ1v) is 9.03. The SMILES string of the molecule is CC(OC(=O)C(C)Oc1ccc(Cl)cc1)C(=O)Nc1cc(C(F)(F)F)ccc1Cl. The van der Waals surface area contributed by atoms with Crippen molar-refractivity contribution in [1.82, 2.24) is 0 Å². The van der Waals surface area contributed by atoms with E-state index in [2.05, 4.69) is 5.32 Å². The van der Waals surface area contributed by atoms with Crippen molar-refractivity contribution in [3.05, 3.63) is 58.1 Å². The lowest BCUT2D eigenvalue weighted by Gasteiger charge is -2.18. The topological polar surface area (TPSA) is 64.6 Å². The van der Waals surface area contributed by atoms with Crippen LogP contribution in [0, 0.1) is 0 Å². The number of nitrogens with one attached hydrogen (secondary N) is 1. The summed E-state index contributed by atoms with van der Waals surface area (Å²) >= 11 is 11.6. The molecule has 29 heavy (non-hydrogen) atoms. The Kier molecular flexibility index (Phi) is 7.37. The van der Waals surface area contributed by atoms with Gasteiger partial charge in [-0.3, -0.25) is 4.79 Å². The highest BCUT2D eigenvalue weighted by atomic mass is 35.5. The molecule has 0 aliphatic heterocycles. The van der Waals surface area contributed by atoms with Gasteiger partial charge in [0, 0.05) is 5.02 Å². The molecular formula is C19H16Cl2F3NO4. The molecule has 2 rings (SSSR count). The van der Waals surface area contributed by atoms with Crippen molar-refractivity contribution in [2.24, 2.45) is 0 Å². The molecule has 0 aliphatic rings. The highest BCUT2D eigenvalue weighted by Crippen LogP contribution is 2.33. The molecule has 0 heterocycles. The van der Waals surface area contributed by atoms with Crippen molar-refractivity contribution in [3.8, 4) is 5.75 Å². The quantitative estimate of drug-likeness (QED) is 0.603. The minimum Gasteiger partial charge on any atom is -0.479 e. The first-order valence-electron chi connectivity index (χ1n) is 8.27. The number of anilines is 1. The van der Waals surface area contributed by atoms with E-state index in [0.717, 1.165) is 12.1 Å². The molecule has 0 aromatic heterocycles. The summed E-state index contributed by atoms with van der Waals surface area (Å²) in [5.74, 6) is -1.32. The normalized spacial score (nSPS) is 13.3. The van der Waals surface area contributed by atoms with Crippen LogP contribution in [0.2, 0.25) is 10.0 Å². The summed E-state index contributed by atoms with van der Waals surface area (Å²) in [4.78, 5) is 24.3. The van der Waals surface area contributed by atoms with Crippen molar-refractivity contribution >= 4 is 40.8 Å². The van der Waals surface area contributed by atoms with Gasteiger partial charge in [-0.05, 0) is 56.3 Å². The van der Waals surface area contributed by atoms with E-state index in [-0.39, 0.29) is 10.7 Å². The summed E-state index contributed by atoms with van der Waals surface area (Å²) in [5, 5.41) is 2.62. The van der Waals surface area contributed by atoms with Gasteiger partial charge >= 0.3 is 12.1 Å². The number of hydrogen-bond acceptors (Lipinski definition) is 4. The fourth-order valence-corrected chi connectivity index (χ4v) is 2.41. The molecule has 0 saturated carbocycles. The molecule has 2 unspecified atom stereocenters. The molecule has 0 spiro atoms. The molecule has 1 N–H and O–H groups in total.